The lowest BCUT2D eigenvalue weighted by molar-refractivity contribution is -0.158. The van der Waals surface area contributed by atoms with E-state index in [1.54, 1.807) is 4.90 Å². The molecular formula is C17H25N3O3. The molecule has 2 amide bonds. The predicted octanol–water partition coefficient (Wildman–Crippen LogP) is 1.51. The number of nitrogens with zero attached hydrogens (tertiary/aromatic N) is 1. The third kappa shape index (κ3) is 4.79. The number of rotatable bonds is 6. The molecule has 0 aliphatic carbocycles. The monoisotopic (exact) mass is 319 g/mol. The van der Waals surface area contributed by atoms with E-state index in [1.807, 2.05) is 38.1 Å². The summed E-state index contributed by atoms with van der Waals surface area (Å²) in [5, 5.41) is 21.3. The van der Waals surface area contributed by atoms with Crippen LogP contribution >= 0.6 is 0 Å². The van der Waals surface area contributed by atoms with Crippen molar-refractivity contribution in [2.24, 2.45) is 5.73 Å². The summed E-state index contributed by atoms with van der Waals surface area (Å²) in [5.41, 5.74) is 8.16. The summed E-state index contributed by atoms with van der Waals surface area (Å²) in [7, 11) is 0. The lowest BCUT2D eigenvalue weighted by Gasteiger charge is -2.24. The summed E-state index contributed by atoms with van der Waals surface area (Å²) in [6.45, 7) is 4.95. The maximum atomic E-state index is 10.9. The topological polar surface area (TPSA) is 98.8 Å². The number of urea groups is 1. The fraction of sp³-hybridized carbons (Fsp3) is 0.471. The molecule has 23 heavy (non-hydrogen) atoms. The molecule has 1 heterocycles. The molecule has 1 aromatic rings. The molecular weight excluding hydrogens is 294 g/mol. The van der Waals surface area contributed by atoms with Crippen molar-refractivity contribution < 1.29 is 15.0 Å². The number of nitrogens with one attached hydrogen (secondary N) is 1. The molecule has 0 bridgehead atoms. The Morgan fingerprint density at radius 3 is 2.83 bits per heavy atom. The van der Waals surface area contributed by atoms with Gasteiger partial charge in [0, 0.05) is 18.6 Å². The number of aliphatic hydroxyl groups is 2. The summed E-state index contributed by atoms with van der Waals surface area (Å²) in [6.07, 6.45) is 4.27. The number of primary amides is 1. The number of allylic oxidation sites excluding steroid dienone is 1. The maximum Gasteiger partial charge on any atom is 0.312 e. The van der Waals surface area contributed by atoms with Crippen molar-refractivity contribution in [2.45, 2.75) is 51.7 Å². The van der Waals surface area contributed by atoms with Crippen LogP contribution in [0.2, 0.25) is 0 Å². The Hall–Kier alpha value is -1.89. The van der Waals surface area contributed by atoms with Crippen LogP contribution in [0.4, 0.5) is 4.79 Å². The highest BCUT2D eigenvalue weighted by Gasteiger charge is 2.24. The van der Waals surface area contributed by atoms with Crippen LogP contribution in [0.1, 0.15) is 43.4 Å². The molecule has 1 aliphatic heterocycles. The van der Waals surface area contributed by atoms with Crippen molar-refractivity contribution in [1.29, 1.82) is 0 Å². The minimum atomic E-state index is -1.43. The van der Waals surface area contributed by atoms with Gasteiger partial charge in [0.15, 0.2) is 0 Å². The first-order valence-electron chi connectivity index (χ1n) is 7.73. The van der Waals surface area contributed by atoms with E-state index in [9.17, 15) is 15.0 Å². The molecule has 0 fully saturated rings. The molecule has 0 saturated carbocycles. The van der Waals surface area contributed by atoms with E-state index in [2.05, 4.69) is 11.4 Å². The van der Waals surface area contributed by atoms with Crippen LogP contribution in [0.25, 0.3) is 6.08 Å². The lowest BCUT2D eigenvalue weighted by Crippen LogP contribution is -2.45. The van der Waals surface area contributed by atoms with Gasteiger partial charge in [0.25, 0.3) is 0 Å². The molecule has 1 aromatic carbocycles. The number of nitrogens with two attached hydrogens (primary N) is 1. The van der Waals surface area contributed by atoms with Crippen molar-refractivity contribution in [1.82, 2.24) is 10.2 Å². The smallest absolute Gasteiger partial charge is 0.312 e. The van der Waals surface area contributed by atoms with Crippen molar-refractivity contribution in [3.8, 4) is 0 Å². The highest BCUT2D eigenvalue weighted by Crippen LogP contribution is 2.27. The molecule has 6 nitrogen and oxygen atoms in total. The number of aliphatic hydroxyl groups excluding tert-OH is 1. The van der Waals surface area contributed by atoms with Crippen LogP contribution in [-0.4, -0.2) is 33.1 Å². The number of fused-ring (bicyclic) bond motifs is 1. The largest absolute Gasteiger partial charge is 0.356 e. The first-order valence-corrected chi connectivity index (χ1v) is 7.73. The number of carbonyl (C=O) groups is 1. The van der Waals surface area contributed by atoms with Crippen LogP contribution in [0, 0.1) is 0 Å². The molecule has 0 radical (unpaired) electrons. The van der Waals surface area contributed by atoms with Crippen LogP contribution in [0.15, 0.2) is 24.3 Å². The average molecular weight is 319 g/mol. The van der Waals surface area contributed by atoms with Gasteiger partial charge in [-0.2, -0.15) is 0 Å². The van der Waals surface area contributed by atoms with Gasteiger partial charge in [0.1, 0.15) is 0 Å². The lowest BCUT2D eigenvalue weighted by atomic mass is 9.97. The zero-order valence-corrected chi connectivity index (χ0v) is 13.6. The molecule has 0 spiro atoms. The molecule has 5 N–H and O–H groups in total. The normalized spacial score (nSPS) is 15.3. The standard InChI is InChI=1S/C17H25N3O3/c1-17(2,19-15(18)21)9-4-3-6-12-7-5-8-13-10-20(16(22)23)11-14(12)13/h3,5-8,16,22-23H,4,9-11H2,1-2H3,(H3,18,19,21). The van der Waals surface area contributed by atoms with Gasteiger partial charge in [-0.1, -0.05) is 30.4 Å². The average Bonchev–Trinajstić information content (AvgIpc) is 2.87. The number of benzene rings is 1. The van der Waals surface area contributed by atoms with Gasteiger partial charge >= 0.3 is 6.03 Å². The first-order chi connectivity index (χ1) is 10.8. The van der Waals surface area contributed by atoms with Crippen molar-refractivity contribution >= 4 is 12.1 Å². The highest BCUT2D eigenvalue weighted by atomic mass is 16.5. The Morgan fingerprint density at radius 1 is 1.43 bits per heavy atom. The second-order valence-electron chi connectivity index (χ2n) is 6.55. The number of carbonyl (C=O) groups excluding carboxylic acids is 1. The number of amides is 2. The molecule has 6 heteroatoms. The molecule has 0 unspecified atom stereocenters. The summed E-state index contributed by atoms with van der Waals surface area (Å²) in [4.78, 5) is 12.5. The Balaban J connectivity index is 1.97. The Labute approximate surface area is 136 Å². The van der Waals surface area contributed by atoms with E-state index in [0.717, 1.165) is 29.5 Å². The van der Waals surface area contributed by atoms with Gasteiger partial charge in [-0.15, -0.1) is 0 Å². The minimum Gasteiger partial charge on any atom is -0.356 e. The molecule has 2 rings (SSSR count). The summed E-state index contributed by atoms with van der Waals surface area (Å²) < 4.78 is 0. The Morgan fingerprint density at radius 2 is 2.17 bits per heavy atom. The van der Waals surface area contributed by atoms with Gasteiger partial charge < -0.3 is 21.3 Å². The van der Waals surface area contributed by atoms with Crippen molar-refractivity contribution in [3.63, 3.8) is 0 Å². The van der Waals surface area contributed by atoms with Crippen LogP contribution in [-0.2, 0) is 13.1 Å². The highest BCUT2D eigenvalue weighted by molar-refractivity contribution is 5.72. The van der Waals surface area contributed by atoms with Crippen molar-refractivity contribution in [2.75, 3.05) is 0 Å². The third-order valence-electron chi connectivity index (χ3n) is 4.07. The summed E-state index contributed by atoms with van der Waals surface area (Å²) in [5.74, 6) is 0. The molecule has 126 valence electrons. The van der Waals surface area contributed by atoms with Gasteiger partial charge in [-0.05, 0) is 43.4 Å². The summed E-state index contributed by atoms with van der Waals surface area (Å²) >= 11 is 0. The van der Waals surface area contributed by atoms with Gasteiger partial charge in [0.2, 0.25) is 6.41 Å². The zero-order chi connectivity index (χ0) is 17.0. The second-order valence-corrected chi connectivity index (χ2v) is 6.55. The first kappa shape index (κ1) is 17.5. The van der Waals surface area contributed by atoms with E-state index >= 15 is 0 Å². The quantitative estimate of drug-likeness (QED) is 0.597. The van der Waals surface area contributed by atoms with E-state index in [1.165, 1.54) is 0 Å². The SMILES string of the molecule is CC(C)(CCC=Cc1cccc2c1CN(C(O)O)C2)NC(N)=O. The molecule has 0 saturated heterocycles. The molecule has 0 atom stereocenters. The van der Waals surface area contributed by atoms with Gasteiger partial charge in [-0.25, -0.2) is 9.69 Å². The van der Waals surface area contributed by atoms with Crippen LogP contribution in [0.5, 0.6) is 0 Å². The molecule has 0 aromatic heterocycles. The van der Waals surface area contributed by atoms with Gasteiger partial charge in [0.05, 0.1) is 0 Å². The maximum absolute atomic E-state index is 10.9. The van der Waals surface area contributed by atoms with Crippen LogP contribution in [0.3, 0.4) is 0 Å². The Bertz CT molecular complexity index is 597. The fourth-order valence-corrected chi connectivity index (χ4v) is 2.84. The number of hydrogen-bond acceptors (Lipinski definition) is 4. The number of hydrogen-bond donors (Lipinski definition) is 4. The predicted molar refractivity (Wildman–Crippen MR) is 89.0 cm³/mol. The summed E-state index contributed by atoms with van der Waals surface area (Å²) in [6, 6.07) is 5.50. The zero-order valence-electron chi connectivity index (χ0n) is 13.6. The van der Waals surface area contributed by atoms with Crippen molar-refractivity contribution in [3.05, 3.63) is 41.0 Å². The van der Waals surface area contributed by atoms with Gasteiger partial charge in [-0.3, -0.25) is 0 Å². The molecule has 1 aliphatic rings. The fourth-order valence-electron chi connectivity index (χ4n) is 2.84. The minimum absolute atomic E-state index is 0.341. The van der Waals surface area contributed by atoms with E-state index in [4.69, 9.17) is 5.73 Å². The van der Waals surface area contributed by atoms with E-state index in [-0.39, 0.29) is 5.54 Å². The van der Waals surface area contributed by atoms with E-state index < -0.39 is 12.4 Å². The van der Waals surface area contributed by atoms with E-state index in [0.29, 0.717) is 13.1 Å². The second kappa shape index (κ2) is 7.12. The Kier molecular flexibility index (Phi) is 5.41. The third-order valence-corrected chi connectivity index (χ3v) is 4.07. The van der Waals surface area contributed by atoms with Crippen LogP contribution < -0.4 is 11.1 Å².